The topological polar surface area (TPSA) is 82.6 Å². The summed E-state index contributed by atoms with van der Waals surface area (Å²) in [6, 6.07) is 8.16. The van der Waals surface area contributed by atoms with Crippen LogP contribution in [0.4, 0.5) is 5.82 Å². The minimum absolute atomic E-state index is 0.0115. The highest BCUT2D eigenvalue weighted by Crippen LogP contribution is 2.23. The fourth-order valence-electron chi connectivity index (χ4n) is 4.71. The number of pyridine rings is 1. The van der Waals surface area contributed by atoms with E-state index in [0.717, 1.165) is 54.6 Å². The van der Waals surface area contributed by atoms with E-state index in [-0.39, 0.29) is 17.7 Å². The molecule has 1 saturated heterocycles. The largest absolute Gasteiger partial charge is 0.339 e. The van der Waals surface area contributed by atoms with E-state index in [2.05, 4.69) is 22.4 Å². The number of hydrogen-bond acceptors (Lipinski definition) is 4. The minimum Gasteiger partial charge on any atom is -0.339 e. The molecule has 0 unspecified atom stereocenters. The van der Waals surface area contributed by atoms with Crippen LogP contribution in [0.3, 0.4) is 0 Å². The lowest BCUT2D eigenvalue weighted by Gasteiger charge is -2.28. The van der Waals surface area contributed by atoms with Gasteiger partial charge in [-0.05, 0) is 71.7 Å². The lowest BCUT2D eigenvalue weighted by molar-refractivity contribution is -0.127. The molecule has 5 rings (SSSR count). The number of nitrogens with one attached hydrogen (secondary N) is 1. The summed E-state index contributed by atoms with van der Waals surface area (Å²) in [7, 11) is 0. The third kappa shape index (κ3) is 4.93. The monoisotopic (exact) mass is 456 g/mol. The van der Waals surface area contributed by atoms with Crippen LogP contribution in [0.15, 0.2) is 42.6 Å². The van der Waals surface area contributed by atoms with Gasteiger partial charge in [-0.25, -0.2) is 4.98 Å². The van der Waals surface area contributed by atoms with Crippen LogP contribution in [-0.2, 0) is 33.8 Å². The van der Waals surface area contributed by atoms with Crippen LogP contribution in [0.2, 0.25) is 0 Å². The van der Waals surface area contributed by atoms with Crippen molar-refractivity contribution < 1.29 is 14.4 Å². The SMILES string of the molecule is O=C1CCc2cc(C=CC(=O)N3CCc4cc(C=CC(=O)N5CCCC5)ccc4C3)cnc2N1. The lowest BCUT2D eigenvalue weighted by atomic mass is 9.97. The second-order valence-corrected chi connectivity index (χ2v) is 9.06. The molecule has 7 nitrogen and oxygen atoms in total. The number of likely N-dealkylation sites (tertiary alicyclic amines) is 1. The second kappa shape index (κ2) is 9.63. The van der Waals surface area contributed by atoms with Crippen molar-refractivity contribution in [2.75, 3.05) is 25.0 Å². The highest BCUT2D eigenvalue weighted by molar-refractivity contribution is 5.94. The number of aromatic nitrogens is 1. The maximum Gasteiger partial charge on any atom is 0.246 e. The molecule has 1 N–H and O–H groups in total. The summed E-state index contributed by atoms with van der Waals surface area (Å²) < 4.78 is 0. The summed E-state index contributed by atoms with van der Waals surface area (Å²) in [6.45, 7) is 2.94. The summed E-state index contributed by atoms with van der Waals surface area (Å²) in [5.74, 6) is 0.652. The maximum absolute atomic E-state index is 12.8. The molecule has 1 aromatic heterocycles. The quantitative estimate of drug-likeness (QED) is 0.717. The van der Waals surface area contributed by atoms with Gasteiger partial charge in [0.1, 0.15) is 5.82 Å². The first kappa shape index (κ1) is 22.1. The molecule has 174 valence electrons. The van der Waals surface area contributed by atoms with Crippen molar-refractivity contribution in [3.8, 4) is 0 Å². The van der Waals surface area contributed by atoms with Gasteiger partial charge in [0.2, 0.25) is 17.7 Å². The predicted molar refractivity (Wildman–Crippen MR) is 131 cm³/mol. The van der Waals surface area contributed by atoms with E-state index in [9.17, 15) is 14.4 Å². The van der Waals surface area contributed by atoms with Gasteiger partial charge in [-0.2, -0.15) is 0 Å². The molecule has 1 aromatic carbocycles. The number of fused-ring (bicyclic) bond motifs is 2. The summed E-state index contributed by atoms with van der Waals surface area (Å²) in [5.41, 5.74) is 5.22. The van der Waals surface area contributed by atoms with Gasteiger partial charge in [-0.15, -0.1) is 0 Å². The molecule has 7 heteroatoms. The molecule has 4 heterocycles. The van der Waals surface area contributed by atoms with Crippen LogP contribution in [0.25, 0.3) is 12.2 Å². The predicted octanol–water partition coefficient (Wildman–Crippen LogP) is 3.20. The molecule has 0 bridgehead atoms. The number of hydrogen-bond donors (Lipinski definition) is 1. The Hall–Kier alpha value is -3.74. The van der Waals surface area contributed by atoms with E-state index in [4.69, 9.17) is 0 Å². The first-order valence-electron chi connectivity index (χ1n) is 11.9. The Morgan fingerprint density at radius 2 is 1.56 bits per heavy atom. The fourth-order valence-corrected chi connectivity index (χ4v) is 4.71. The zero-order chi connectivity index (χ0) is 23.5. The normalized spacial score (nSPS) is 17.7. The average Bonchev–Trinajstić information content (AvgIpc) is 3.40. The summed E-state index contributed by atoms with van der Waals surface area (Å²) in [4.78, 5) is 44.6. The van der Waals surface area contributed by atoms with Gasteiger partial charge >= 0.3 is 0 Å². The molecule has 0 aliphatic carbocycles. The number of rotatable bonds is 4. The van der Waals surface area contributed by atoms with Gasteiger partial charge < -0.3 is 15.1 Å². The first-order valence-corrected chi connectivity index (χ1v) is 11.9. The number of aryl methyl sites for hydroxylation is 1. The van der Waals surface area contributed by atoms with Gasteiger partial charge in [0.15, 0.2) is 0 Å². The number of nitrogens with zero attached hydrogens (tertiary/aromatic N) is 3. The summed E-state index contributed by atoms with van der Waals surface area (Å²) >= 11 is 0. The Morgan fingerprint density at radius 1 is 0.824 bits per heavy atom. The van der Waals surface area contributed by atoms with Crippen LogP contribution in [0.1, 0.15) is 47.1 Å². The molecule has 1 fully saturated rings. The van der Waals surface area contributed by atoms with Crippen molar-refractivity contribution in [1.82, 2.24) is 14.8 Å². The van der Waals surface area contributed by atoms with Gasteiger partial charge in [0, 0.05) is 50.9 Å². The number of benzene rings is 1. The Morgan fingerprint density at radius 3 is 2.38 bits per heavy atom. The number of carbonyl (C=O) groups excluding carboxylic acids is 3. The molecule has 3 aliphatic rings. The zero-order valence-electron chi connectivity index (χ0n) is 19.1. The van der Waals surface area contributed by atoms with Crippen LogP contribution < -0.4 is 5.32 Å². The number of anilines is 1. The molecule has 34 heavy (non-hydrogen) atoms. The van der Waals surface area contributed by atoms with Crippen molar-refractivity contribution in [2.45, 2.75) is 38.6 Å². The van der Waals surface area contributed by atoms with Crippen LogP contribution in [-0.4, -0.2) is 52.1 Å². The van der Waals surface area contributed by atoms with Crippen LogP contribution >= 0.6 is 0 Å². The van der Waals surface area contributed by atoms with Crippen LogP contribution in [0.5, 0.6) is 0 Å². The fraction of sp³-hybridized carbons (Fsp3) is 0.333. The van der Waals surface area contributed by atoms with Crippen molar-refractivity contribution in [3.63, 3.8) is 0 Å². The third-order valence-corrected chi connectivity index (χ3v) is 6.68. The van der Waals surface area contributed by atoms with E-state index >= 15 is 0 Å². The third-order valence-electron chi connectivity index (χ3n) is 6.68. The number of carbonyl (C=O) groups is 3. The van der Waals surface area contributed by atoms with Crippen molar-refractivity contribution >= 4 is 35.7 Å². The van der Waals surface area contributed by atoms with E-state index in [1.807, 2.05) is 28.0 Å². The molecular weight excluding hydrogens is 428 g/mol. The Balaban J connectivity index is 1.20. The van der Waals surface area contributed by atoms with Gasteiger partial charge in [-0.1, -0.05) is 18.2 Å². The zero-order valence-corrected chi connectivity index (χ0v) is 19.1. The highest BCUT2D eigenvalue weighted by atomic mass is 16.2. The van der Waals surface area contributed by atoms with E-state index < -0.39 is 0 Å². The number of amides is 3. The first-order chi connectivity index (χ1) is 16.5. The van der Waals surface area contributed by atoms with Gasteiger partial charge in [0.25, 0.3) is 0 Å². The Bertz CT molecular complexity index is 1190. The molecule has 0 atom stereocenters. The Kier molecular flexibility index (Phi) is 6.25. The molecule has 3 amide bonds. The smallest absolute Gasteiger partial charge is 0.246 e. The van der Waals surface area contributed by atoms with Crippen molar-refractivity contribution in [3.05, 3.63) is 70.4 Å². The molecule has 0 saturated carbocycles. The molecule has 0 spiro atoms. The van der Waals surface area contributed by atoms with E-state index in [1.54, 1.807) is 24.4 Å². The summed E-state index contributed by atoms with van der Waals surface area (Å²) in [6.07, 6.45) is 12.7. The van der Waals surface area contributed by atoms with Crippen molar-refractivity contribution in [1.29, 1.82) is 0 Å². The second-order valence-electron chi connectivity index (χ2n) is 9.06. The molecule has 2 aromatic rings. The standard InChI is InChI=1S/C27H28N4O3/c32-24-8-7-22-16-20(17-28-27(22)29-24)5-10-26(34)31-14-11-21-15-19(3-6-23(21)18-31)4-9-25(33)30-12-1-2-13-30/h3-6,9-10,15-17H,1-2,7-8,11-14,18H2,(H,28,29,32). The lowest BCUT2D eigenvalue weighted by Crippen LogP contribution is -2.34. The van der Waals surface area contributed by atoms with E-state index in [0.29, 0.717) is 31.7 Å². The van der Waals surface area contributed by atoms with Gasteiger partial charge in [-0.3, -0.25) is 14.4 Å². The minimum atomic E-state index is -0.0307. The molecular formula is C27H28N4O3. The average molecular weight is 457 g/mol. The van der Waals surface area contributed by atoms with E-state index in [1.165, 1.54) is 5.56 Å². The van der Waals surface area contributed by atoms with Gasteiger partial charge in [0.05, 0.1) is 0 Å². The Labute approximate surface area is 199 Å². The van der Waals surface area contributed by atoms with Crippen LogP contribution in [0, 0.1) is 0 Å². The summed E-state index contributed by atoms with van der Waals surface area (Å²) in [5, 5.41) is 2.77. The van der Waals surface area contributed by atoms with Crippen molar-refractivity contribution in [2.24, 2.45) is 0 Å². The maximum atomic E-state index is 12.8. The molecule has 3 aliphatic heterocycles. The molecule has 0 radical (unpaired) electrons. The highest BCUT2D eigenvalue weighted by Gasteiger charge is 2.20.